The van der Waals surface area contributed by atoms with Gasteiger partial charge in [-0.2, -0.15) is 5.10 Å². The minimum absolute atomic E-state index is 0.0791. The summed E-state index contributed by atoms with van der Waals surface area (Å²) in [4.78, 5) is 17.3. The van der Waals surface area contributed by atoms with Gasteiger partial charge in [0.15, 0.2) is 11.6 Å². The zero-order chi connectivity index (χ0) is 17.2. The molecule has 1 heterocycles. The van der Waals surface area contributed by atoms with Gasteiger partial charge in [-0.15, -0.1) is 0 Å². The molecule has 1 aromatic heterocycles. The molecule has 25 heavy (non-hydrogen) atoms. The molecule has 0 spiro atoms. The molecule has 0 bridgehead atoms. The number of nitrogens with zero attached hydrogens (tertiary/aromatic N) is 3. The zero-order valence-corrected chi connectivity index (χ0v) is 14.4. The Morgan fingerprint density at radius 2 is 1.80 bits per heavy atom. The number of hydrogen-bond acceptors (Lipinski definition) is 3. The van der Waals surface area contributed by atoms with Crippen molar-refractivity contribution in [3.8, 4) is 11.4 Å². The van der Waals surface area contributed by atoms with Crippen LogP contribution >= 0.6 is 0 Å². The van der Waals surface area contributed by atoms with Gasteiger partial charge in [0.1, 0.15) is 12.4 Å². The third-order valence-electron chi connectivity index (χ3n) is 4.77. The van der Waals surface area contributed by atoms with Gasteiger partial charge in [-0.1, -0.05) is 42.5 Å². The molecule has 0 saturated heterocycles. The molecule has 4 heteroatoms. The van der Waals surface area contributed by atoms with Crippen LogP contribution in [0.2, 0.25) is 0 Å². The second kappa shape index (κ2) is 6.63. The number of benzene rings is 2. The van der Waals surface area contributed by atoms with Crippen molar-refractivity contribution in [3.05, 3.63) is 71.0 Å². The van der Waals surface area contributed by atoms with E-state index in [1.807, 2.05) is 43.3 Å². The number of rotatable bonds is 4. The van der Waals surface area contributed by atoms with Crippen molar-refractivity contribution in [3.63, 3.8) is 0 Å². The van der Waals surface area contributed by atoms with Gasteiger partial charge < -0.3 is 0 Å². The van der Waals surface area contributed by atoms with Crippen molar-refractivity contribution in [1.82, 2.24) is 14.8 Å². The van der Waals surface area contributed by atoms with E-state index in [9.17, 15) is 4.79 Å². The summed E-state index contributed by atoms with van der Waals surface area (Å²) in [5.41, 5.74) is 4.47. The highest BCUT2D eigenvalue weighted by Crippen LogP contribution is 2.23. The fourth-order valence-corrected chi connectivity index (χ4v) is 3.50. The highest BCUT2D eigenvalue weighted by atomic mass is 16.1. The number of carbonyl (C=O) groups is 1. The Labute approximate surface area is 147 Å². The Morgan fingerprint density at radius 3 is 2.60 bits per heavy atom. The second-order valence-corrected chi connectivity index (χ2v) is 6.62. The highest BCUT2D eigenvalue weighted by Gasteiger charge is 2.16. The van der Waals surface area contributed by atoms with E-state index in [1.54, 1.807) is 4.68 Å². The first kappa shape index (κ1) is 15.8. The fourth-order valence-electron chi connectivity index (χ4n) is 3.50. The molecular weight excluding hydrogens is 310 g/mol. The van der Waals surface area contributed by atoms with Gasteiger partial charge in [0.05, 0.1) is 0 Å². The summed E-state index contributed by atoms with van der Waals surface area (Å²) in [5, 5.41) is 4.42. The maximum absolute atomic E-state index is 12.8. The molecular formula is C21H21N3O. The van der Waals surface area contributed by atoms with Crippen molar-refractivity contribution >= 4 is 5.78 Å². The highest BCUT2D eigenvalue weighted by molar-refractivity contribution is 5.96. The number of aryl methyl sites for hydroxylation is 3. The molecule has 0 radical (unpaired) electrons. The van der Waals surface area contributed by atoms with E-state index in [0.29, 0.717) is 5.82 Å². The summed E-state index contributed by atoms with van der Waals surface area (Å²) in [6.45, 7) is 2.07. The molecule has 0 N–H and O–H groups in total. The van der Waals surface area contributed by atoms with Crippen molar-refractivity contribution < 1.29 is 4.79 Å². The normalized spacial score (nSPS) is 13.5. The fraction of sp³-hybridized carbons (Fsp3) is 0.286. The standard InChI is InChI=1S/C21H21N3O/c1-15-22-21(17-8-3-2-4-9-17)24(23-15)14-20(25)19-12-11-16-7-5-6-10-18(16)13-19/h2-4,8-9,11-13H,5-7,10,14H2,1H3. The molecule has 1 aliphatic carbocycles. The largest absolute Gasteiger partial charge is 0.292 e. The van der Waals surface area contributed by atoms with Gasteiger partial charge in [0.2, 0.25) is 0 Å². The van der Waals surface area contributed by atoms with Gasteiger partial charge in [-0.05, 0) is 49.8 Å². The first-order valence-corrected chi connectivity index (χ1v) is 8.82. The summed E-state index contributed by atoms with van der Waals surface area (Å²) in [6, 6.07) is 16.0. The molecule has 3 aromatic rings. The lowest BCUT2D eigenvalue weighted by Crippen LogP contribution is -2.14. The molecule has 0 aliphatic heterocycles. The SMILES string of the molecule is Cc1nc(-c2ccccc2)n(CC(=O)c2ccc3c(c2)CCCC3)n1. The Morgan fingerprint density at radius 1 is 1.04 bits per heavy atom. The summed E-state index contributed by atoms with van der Waals surface area (Å²) in [5.74, 6) is 1.50. The van der Waals surface area contributed by atoms with Crippen molar-refractivity contribution in [1.29, 1.82) is 0 Å². The average Bonchev–Trinajstić information content (AvgIpc) is 3.02. The van der Waals surface area contributed by atoms with E-state index in [-0.39, 0.29) is 12.3 Å². The summed E-state index contributed by atoms with van der Waals surface area (Å²) >= 11 is 0. The monoisotopic (exact) mass is 331 g/mol. The number of aromatic nitrogens is 3. The number of carbonyl (C=O) groups excluding carboxylic acids is 1. The minimum Gasteiger partial charge on any atom is -0.292 e. The molecule has 0 fully saturated rings. The molecule has 0 saturated carbocycles. The van der Waals surface area contributed by atoms with Crippen molar-refractivity contribution in [2.75, 3.05) is 0 Å². The number of Topliss-reactive ketones (excluding diaryl/α,β-unsaturated/α-hetero) is 1. The lowest BCUT2D eigenvalue weighted by molar-refractivity contribution is 0.0968. The van der Waals surface area contributed by atoms with Crippen LogP contribution in [0.1, 0.15) is 40.2 Å². The maximum Gasteiger partial charge on any atom is 0.184 e. The Hall–Kier alpha value is -2.75. The number of ketones is 1. The molecule has 4 rings (SSSR count). The lowest BCUT2D eigenvalue weighted by atomic mass is 9.90. The van der Waals surface area contributed by atoms with Crippen LogP contribution < -0.4 is 0 Å². The van der Waals surface area contributed by atoms with Gasteiger partial charge in [0.25, 0.3) is 0 Å². The zero-order valence-electron chi connectivity index (χ0n) is 14.4. The van der Waals surface area contributed by atoms with Gasteiger partial charge >= 0.3 is 0 Å². The van der Waals surface area contributed by atoms with E-state index in [1.165, 1.54) is 24.0 Å². The van der Waals surface area contributed by atoms with E-state index in [0.717, 1.165) is 29.8 Å². The average molecular weight is 331 g/mol. The molecule has 0 unspecified atom stereocenters. The van der Waals surface area contributed by atoms with Gasteiger partial charge in [-0.3, -0.25) is 4.79 Å². The first-order chi connectivity index (χ1) is 12.2. The quantitative estimate of drug-likeness (QED) is 0.679. The van der Waals surface area contributed by atoms with E-state index < -0.39 is 0 Å². The van der Waals surface area contributed by atoms with Crippen LogP contribution in [0.5, 0.6) is 0 Å². The van der Waals surface area contributed by atoms with Gasteiger partial charge in [-0.25, -0.2) is 9.67 Å². The third-order valence-corrected chi connectivity index (χ3v) is 4.77. The third kappa shape index (κ3) is 3.25. The van der Waals surface area contributed by atoms with E-state index in [4.69, 9.17) is 0 Å². The Kier molecular flexibility index (Phi) is 4.18. The molecule has 0 atom stereocenters. The molecule has 0 amide bonds. The Balaban J connectivity index is 1.61. The molecule has 4 nitrogen and oxygen atoms in total. The van der Waals surface area contributed by atoms with Crippen LogP contribution in [-0.4, -0.2) is 20.5 Å². The first-order valence-electron chi connectivity index (χ1n) is 8.82. The van der Waals surface area contributed by atoms with Crippen LogP contribution in [0.25, 0.3) is 11.4 Å². The lowest BCUT2D eigenvalue weighted by Gasteiger charge is -2.16. The molecule has 1 aliphatic rings. The van der Waals surface area contributed by atoms with Crippen LogP contribution in [0.15, 0.2) is 48.5 Å². The van der Waals surface area contributed by atoms with Crippen LogP contribution in [0.3, 0.4) is 0 Å². The summed E-state index contributed by atoms with van der Waals surface area (Å²) in [7, 11) is 0. The maximum atomic E-state index is 12.8. The predicted molar refractivity (Wildman–Crippen MR) is 97.6 cm³/mol. The minimum atomic E-state index is 0.0791. The van der Waals surface area contributed by atoms with Crippen LogP contribution in [0, 0.1) is 6.92 Å². The Bertz CT molecular complexity index is 912. The smallest absolute Gasteiger partial charge is 0.184 e. The number of hydrogen-bond donors (Lipinski definition) is 0. The summed E-state index contributed by atoms with van der Waals surface area (Å²) < 4.78 is 1.71. The van der Waals surface area contributed by atoms with Gasteiger partial charge in [0, 0.05) is 11.1 Å². The predicted octanol–water partition coefficient (Wildman–Crippen LogP) is 4.02. The molecule has 126 valence electrons. The van der Waals surface area contributed by atoms with Crippen molar-refractivity contribution in [2.45, 2.75) is 39.2 Å². The number of fused-ring (bicyclic) bond motifs is 1. The summed E-state index contributed by atoms with van der Waals surface area (Å²) in [6.07, 6.45) is 4.67. The van der Waals surface area contributed by atoms with Crippen LogP contribution in [-0.2, 0) is 19.4 Å². The van der Waals surface area contributed by atoms with Crippen LogP contribution in [0.4, 0.5) is 0 Å². The van der Waals surface area contributed by atoms with Crippen molar-refractivity contribution in [2.24, 2.45) is 0 Å². The topological polar surface area (TPSA) is 47.8 Å². The second-order valence-electron chi connectivity index (χ2n) is 6.62. The van der Waals surface area contributed by atoms with E-state index in [2.05, 4.69) is 22.2 Å². The molecule has 2 aromatic carbocycles. The van der Waals surface area contributed by atoms with E-state index >= 15 is 0 Å².